The number of benzene rings is 3. The van der Waals surface area contributed by atoms with Crippen LogP contribution < -0.4 is 5.32 Å². The number of thioether (sulfide) groups is 1. The van der Waals surface area contributed by atoms with Gasteiger partial charge in [-0.05, 0) is 54.6 Å². The first-order valence-corrected chi connectivity index (χ1v) is 9.64. The highest BCUT2D eigenvalue weighted by Gasteiger charge is 2.08. The van der Waals surface area contributed by atoms with Crippen molar-refractivity contribution in [2.24, 2.45) is 0 Å². The van der Waals surface area contributed by atoms with Gasteiger partial charge in [0.1, 0.15) is 11.0 Å². The summed E-state index contributed by atoms with van der Waals surface area (Å²) in [6.45, 7) is 0. The molecule has 3 aromatic carbocycles. The van der Waals surface area contributed by atoms with Crippen molar-refractivity contribution in [1.82, 2.24) is 15.0 Å². The molecule has 4 rings (SSSR count). The molecule has 0 aliphatic rings. The summed E-state index contributed by atoms with van der Waals surface area (Å²) < 4.78 is 0. The minimum atomic E-state index is -0.0789. The highest BCUT2D eigenvalue weighted by atomic mass is 35.5. The van der Waals surface area contributed by atoms with Gasteiger partial charge in [-0.3, -0.25) is 4.79 Å². The van der Waals surface area contributed by atoms with E-state index in [0.29, 0.717) is 16.5 Å². The number of carbonyl (C=O) groups excluding carboxylic acids is 1. The van der Waals surface area contributed by atoms with E-state index in [1.807, 2.05) is 72.8 Å². The summed E-state index contributed by atoms with van der Waals surface area (Å²) >= 11 is 7.33. The van der Waals surface area contributed by atoms with Gasteiger partial charge < -0.3 is 5.32 Å². The predicted octanol–water partition coefficient (Wildman–Crippen LogP) is 4.80. The van der Waals surface area contributed by atoms with Crippen LogP contribution in [0.3, 0.4) is 0 Å². The zero-order valence-electron chi connectivity index (χ0n) is 14.2. The van der Waals surface area contributed by atoms with Crippen molar-refractivity contribution in [3.63, 3.8) is 0 Å². The number of carbonyl (C=O) groups is 1. The number of aromatic nitrogens is 3. The number of anilines is 1. The fourth-order valence-electron chi connectivity index (χ4n) is 2.55. The molecule has 134 valence electrons. The van der Waals surface area contributed by atoms with E-state index in [-0.39, 0.29) is 5.91 Å². The Bertz CT molecular complexity index is 1080. The van der Waals surface area contributed by atoms with Crippen LogP contribution in [0.4, 0.5) is 5.69 Å². The number of hydrogen-bond donors (Lipinski definition) is 1. The van der Waals surface area contributed by atoms with Gasteiger partial charge in [-0.1, -0.05) is 29.8 Å². The van der Waals surface area contributed by atoms with Gasteiger partial charge in [-0.25, -0.2) is 0 Å². The molecule has 0 saturated heterocycles. The number of nitrogens with one attached hydrogen (secondary N) is 1. The van der Waals surface area contributed by atoms with Crippen LogP contribution in [0.2, 0.25) is 5.02 Å². The quantitative estimate of drug-likeness (QED) is 0.494. The standard InChI is InChI=1S/C20H15ClN4OS/c21-14-6-9-17(10-7-14)27-13-20(26)22-15-8-11-18-19(12-15)24-25(23-18)16-4-2-1-3-5-16/h1-12H,13H2,(H,22,26). The molecule has 0 atom stereocenters. The maximum Gasteiger partial charge on any atom is 0.234 e. The maximum atomic E-state index is 12.2. The van der Waals surface area contributed by atoms with Gasteiger partial charge in [0, 0.05) is 15.6 Å². The molecule has 5 nitrogen and oxygen atoms in total. The fraction of sp³-hybridized carbons (Fsp3) is 0.0500. The summed E-state index contributed by atoms with van der Waals surface area (Å²) in [4.78, 5) is 14.8. The zero-order valence-corrected chi connectivity index (χ0v) is 15.7. The number of hydrogen-bond acceptors (Lipinski definition) is 4. The number of amides is 1. The molecule has 4 aromatic rings. The second-order valence-corrected chi connectivity index (χ2v) is 7.30. The second-order valence-electron chi connectivity index (χ2n) is 5.82. The lowest BCUT2D eigenvalue weighted by Crippen LogP contribution is -2.13. The van der Waals surface area contributed by atoms with Gasteiger partial charge in [-0.2, -0.15) is 4.80 Å². The molecule has 1 aromatic heterocycles. The minimum absolute atomic E-state index is 0.0789. The lowest BCUT2D eigenvalue weighted by atomic mass is 10.3. The third kappa shape index (κ3) is 4.30. The molecule has 0 aliphatic carbocycles. The van der Waals surface area contributed by atoms with Crippen LogP contribution in [-0.2, 0) is 4.79 Å². The van der Waals surface area contributed by atoms with Crippen LogP contribution in [0.5, 0.6) is 0 Å². The molecule has 0 radical (unpaired) electrons. The van der Waals surface area contributed by atoms with Gasteiger partial charge >= 0.3 is 0 Å². The summed E-state index contributed by atoms with van der Waals surface area (Å²) in [5, 5.41) is 12.5. The number of para-hydroxylation sites is 1. The molecule has 1 amide bonds. The van der Waals surface area contributed by atoms with Crippen molar-refractivity contribution in [2.75, 3.05) is 11.1 Å². The van der Waals surface area contributed by atoms with Gasteiger partial charge in [0.2, 0.25) is 5.91 Å². The van der Waals surface area contributed by atoms with Crippen molar-refractivity contribution in [2.45, 2.75) is 4.90 Å². The summed E-state index contributed by atoms with van der Waals surface area (Å²) in [5.74, 6) is 0.237. The van der Waals surface area contributed by atoms with Crippen molar-refractivity contribution in [3.05, 3.63) is 77.8 Å². The molecule has 0 saturated carbocycles. The normalized spacial score (nSPS) is 10.9. The first-order chi connectivity index (χ1) is 13.2. The highest BCUT2D eigenvalue weighted by molar-refractivity contribution is 8.00. The molecule has 27 heavy (non-hydrogen) atoms. The second kappa shape index (κ2) is 7.82. The topological polar surface area (TPSA) is 59.8 Å². The lowest BCUT2D eigenvalue weighted by molar-refractivity contribution is -0.113. The van der Waals surface area contributed by atoms with Crippen LogP contribution in [0, 0.1) is 0 Å². The van der Waals surface area contributed by atoms with Crippen molar-refractivity contribution >= 4 is 46.0 Å². The molecule has 0 unspecified atom stereocenters. The predicted molar refractivity (Wildman–Crippen MR) is 110 cm³/mol. The van der Waals surface area contributed by atoms with Gasteiger partial charge in [-0.15, -0.1) is 22.0 Å². The lowest BCUT2D eigenvalue weighted by Gasteiger charge is -2.05. The van der Waals surface area contributed by atoms with E-state index in [9.17, 15) is 4.79 Å². The van der Waals surface area contributed by atoms with Crippen LogP contribution in [0.15, 0.2) is 77.7 Å². The third-order valence-corrected chi connectivity index (χ3v) is 5.10. The molecule has 0 bridgehead atoms. The van der Waals surface area contributed by atoms with Crippen LogP contribution in [0.1, 0.15) is 0 Å². The molecule has 1 N–H and O–H groups in total. The van der Waals surface area contributed by atoms with Crippen molar-refractivity contribution < 1.29 is 4.79 Å². The molecule has 0 spiro atoms. The van der Waals surface area contributed by atoms with Crippen LogP contribution >= 0.6 is 23.4 Å². The first-order valence-electron chi connectivity index (χ1n) is 8.28. The number of nitrogens with zero attached hydrogens (tertiary/aromatic N) is 3. The molecule has 1 heterocycles. The van der Waals surface area contributed by atoms with Gasteiger partial charge in [0.25, 0.3) is 0 Å². The molecular weight excluding hydrogens is 380 g/mol. The summed E-state index contributed by atoms with van der Waals surface area (Å²) in [5.41, 5.74) is 3.08. The Morgan fingerprint density at radius 3 is 2.48 bits per heavy atom. The highest BCUT2D eigenvalue weighted by Crippen LogP contribution is 2.21. The van der Waals surface area contributed by atoms with Crippen LogP contribution in [0.25, 0.3) is 16.7 Å². The Labute approximate surface area is 165 Å². The number of halogens is 1. The first kappa shape index (κ1) is 17.6. The largest absolute Gasteiger partial charge is 0.325 e. The van der Waals surface area contributed by atoms with E-state index in [0.717, 1.165) is 21.6 Å². The fourth-order valence-corrected chi connectivity index (χ4v) is 3.37. The van der Waals surface area contributed by atoms with Crippen LogP contribution in [-0.4, -0.2) is 26.7 Å². The monoisotopic (exact) mass is 394 g/mol. The Hall–Kier alpha value is -2.83. The Balaban J connectivity index is 1.44. The van der Waals surface area contributed by atoms with Crippen molar-refractivity contribution in [3.8, 4) is 5.69 Å². The molecular formula is C20H15ClN4OS. The third-order valence-electron chi connectivity index (χ3n) is 3.83. The average molecular weight is 395 g/mol. The van der Waals surface area contributed by atoms with E-state index < -0.39 is 0 Å². The molecule has 0 aliphatic heterocycles. The van der Waals surface area contributed by atoms with Crippen molar-refractivity contribution in [1.29, 1.82) is 0 Å². The summed E-state index contributed by atoms with van der Waals surface area (Å²) in [7, 11) is 0. The van der Waals surface area contributed by atoms with E-state index in [1.165, 1.54) is 11.8 Å². The number of rotatable bonds is 5. The Morgan fingerprint density at radius 1 is 0.963 bits per heavy atom. The van der Waals surface area contributed by atoms with E-state index in [4.69, 9.17) is 11.6 Å². The average Bonchev–Trinajstić information content (AvgIpc) is 3.12. The zero-order chi connectivity index (χ0) is 18.6. The summed E-state index contributed by atoms with van der Waals surface area (Å²) in [6.07, 6.45) is 0. The van der Waals surface area contributed by atoms with E-state index >= 15 is 0 Å². The van der Waals surface area contributed by atoms with Gasteiger partial charge in [0.05, 0.1) is 11.4 Å². The number of fused-ring (bicyclic) bond motifs is 1. The Kier molecular flexibility index (Phi) is 5.09. The Morgan fingerprint density at radius 2 is 1.70 bits per heavy atom. The van der Waals surface area contributed by atoms with E-state index in [1.54, 1.807) is 4.80 Å². The maximum absolute atomic E-state index is 12.2. The van der Waals surface area contributed by atoms with Gasteiger partial charge in [0.15, 0.2) is 0 Å². The molecule has 0 fully saturated rings. The smallest absolute Gasteiger partial charge is 0.234 e. The van der Waals surface area contributed by atoms with E-state index in [2.05, 4.69) is 15.5 Å². The molecule has 7 heteroatoms. The minimum Gasteiger partial charge on any atom is -0.325 e. The summed E-state index contributed by atoms with van der Waals surface area (Å²) in [6, 6.07) is 22.6. The SMILES string of the molecule is O=C(CSc1ccc(Cl)cc1)Nc1ccc2nn(-c3ccccc3)nc2c1.